The summed E-state index contributed by atoms with van der Waals surface area (Å²) in [6.45, 7) is 0.636. The van der Waals surface area contributed by atoms with Crippen LogP contribution < -0.4 is 0 Å². The second-order valence-electron chi connectivity index (χ2n) is 2.98. The zero-order valence-corrected chi connectivity index (χ0v) is 7.43. The van der Waals surface area contributed by atoms with E-state index in [4.69, 9.17) is 10.00 Å². The molecule has 0 aromatic heterocycles. The van der Waals surface area contributed by atoms with E-state index in [1.807, 2.05) is 0 Å². The fraction of sp³-hybridized carbons (Fsp3) is 0.750. The minimum atomic E-state index is -0.632. The van der Waals surface area contributed by atoms with Crippen LogP contribution in [0.3, 0.4) is 0 Å². The Morgan fingerprint density at radius 3 is 2.92 bits per heavy atom. The smallest absolute Gasteiger partial charge is 0.236 e. The van der Waals surface area contributed by atoms with Crippen molar-refractivity contribution in [3.63, 3.8) is 0 Å². The van der Waals surface area contributed by atoms with Crippen molar-refractivity contribution in [2.75, 3.05) is 20.2 Å². The molecule has 0 aromatic carbocycles. The molecule has 5 nitrogen and oxygen atoms in total. The first-order valence-corrected chi connectivity index (χ1v) is 4.04. The maximum atomic E-state index is 11.2. The number of carbonyl (C=O) groups is 1. The largest absolute Gasteiger partial charge is 0.388 e. The summed E-state index contributed by atoms with van der Waals surface area (Å²) in [5, 5.41) is 17.7. The summed E-state index contributed by atoms with van der Waals surface area (Å²) in [4.78, 5) is 12.6. The van der Waals surface area contributed by atoms with E-state index >= 15 is 0 Å². The van der Waals surface area contributed by atoms with Gasteiger partial charge < -0.3 is 14.7 Å². The van der Waals surface area contributed by atoms with E-state index in [0.29, 0.717) is 6.54 Å². The predicted molar refractivity (Wildman–Crippen MR) is 43.6 cm³/mol. The van der Waals surface area contributed by atoms with Crippen LogP contribution in [-0.4, -0.2) is 48.3 Å². The zero-order valence-electron chi connectivity index (χ0n) is 7.43. The summed E-state index contributed by atoms with van der Waals surface area (Å²) in [5.41, 5.74) is 0. The quantitative estimate of drug-likeness (QED) is 0.604. The average molecular weight is 184 g/mol. The summed E-state index contributed by atoms with van der Waals surface area (Å²) >= 11 is 0. The maximum Gasteiger partial charge on any atom is 0.236 e. The third-order valence-electron chi connectivity index (χ3n) is 2.12. The predicted octanol–water partition coefficient (Wildman–Crippen LogP) is -0.882. The Bertz CT molecular complexity index is 236. The van der Waals surface area contributed by atoms with Crippen LogP contribution in [0.2, 0.25) is 0 Å². The summed E-state index contributed by atoms with van der Waals surface area (Å²) < 4.78 is 4.96. The van der Waals surface area contributed by atoms with Gasteiger partial charge in [0.15, 0.2) is 0 Å². The standard InChI is InChI=1S/C8H12N2O3/c1-13-7-5-10(4-6(7)11)8(12)2-3-9/h6-7,11H,2,4-5H2,1H3/t6-,7-/m1/s1. The Labute approximate surface area is 76.5 Å². The Balaban J connectivity index is 2.49. The molecule has 1 N–H and O–H groups in total. The zero-order chi connectivity index (χ0) is 9.84. The van der Waals surface area contributed by atoms with Gasteiger partial charge >= 0.3 is 0 Å². The minimum absolute atomic E-state index is 0.136. The molecule has 2 atom stereocenters. The highest BCUT2D eigenvalue weighted by Crippen LogP contribution is 2.13. The van der Waals surface area contributed by atoms with Crippen molar-refractivity contribution in [3.8, 4) is 6.07 Å². The van der Waals surface area contributed by atoms with Crippen molar-refractivity contribution in [2.45, 2.75) is 18.6 Å². The summed E-state index contributed by atoms with van der Waals surface area (Å²) in [7, 11) is 1.49. The SMILES string of the molecule is CO[C@@H]1CN(C(=O)CC#N)C[C@H]1O. The molecule has 0 saturated carbocycles. The van der Waals surface area contributed by atoms with Crippen molar-refractivity contribution >= 4 is 5.91 Å². The van der Waals surface area contributed by atoms with Crippen molar-refractivity contribution in [1.82, 2.24) is 4.90 Å². The Morgan fingerprint density at radius 1 is 1.77 bits per heavy atom. The normalized spacial score (nSPS) is 27.3. The highest BCUT2D eigenvalue weighted by atomic mass is 16.5. The van der Waals surface area contributed by atoms with E-state index < -0.39 is 6.10 Å². The summed E-state index contributed by atoms with van der Waals surface area (Å²) in [5.74, 6) is -0.249. The molecule has 0 radical (unpaired) electrons. The molecule has 0 unspecified atom stereocenters. The Morgan fingerprint density at radius 2 is 2.46 bits per heavy atom. The van der Waals surface area contributed by atoms with Gasteiger partial charge in [0, 0.05) is 20.2 Å². The van der Waals surface area contributed by atoms with Crippen LogP contribution in [0.1, 0.15) is 6.42 Å². The summed E-state index contributed by atoms with van der Waals surface area (Å²) in [6, 6.07) is 1.78. The molecule has 0 bridgehead atoms. The average Bonchev–Trinajstić information content (AvgIpc) is 2.47. The molecule has 13 heavy (non-hydrogen) atoms. The number of methoxy groups -OCH3 is 1. The van der Waals surface area contributed by atoms with Crippen LogP contribution in [-0.2, 0) is 9.53 Å². The molecule has 1 fully saturated rings. The number of aliphatic hydroxyl groups excluding tert-OH is 1. The Hall–Kier alpha value is -1.12. The first-order chi connectivity index (χ1) is 6.19. The molecular formula is C8H12N2O3. The first-order valence-electron chi connectivity index (χ1n) is 4.04. The van der Waals surface area contributed by atoms with Gasteiger partial charge in [0.25, 0.3) is 0 Å². The van der Waals surface area contributed by atoms with E-state index in [1.165, 1.54) is 12.0 Å². The Kier molecular flexibility index (Phi) is 3.23. The lowest BCUT2D eigenvalue weighted by atomic mass is 10.3. The minimum Gasteiger partial charge on any atom is -0.388 e. The molecule has 1 amide bonds. The van der Waals surface area contributed by atoms with E-state index in [-0.39, 0.29) is 25.0 Å². The van der Waals surface area contributed by atoms with E-state index in [2.05, 4.69) is 0 Å². The van der Waals surface area contributed by atoms with Gasteiger partial charge in [0.2, 0.25) is 5.91 Å². The van der Waals surface area contributed by atoms with Crippen LogP contribution >= 0.6 is 0 Å². The van der Waals surface area contributed by atoms with Crippen LogP contribution in [0, 0.1) is 11.3 Å². The van der Waals surface area contributed by atoms with Gasteiger partial charge in [-0.2, -0.15) is 5.26 Å². The number of β-amino-alcohol motifs (C(OH)–C–C–N with tert-alkyl or cyclic N) is 1. The van der Waals surface area contributed by atoms with Gasteiger partial charge in [0.1, 0.15) is 12.5 Å². The third-order valence-corrected chi connectivity index (χ3v) is 2.12. The number of hydrogen-bond acceptors (Lipinski definition) is 4. The molecule has 1 aliphatic heterocycles. The highest BCUT2D eigenvalue weighted by Gasteiger charge is 2.33. The number of aliphatic hydroxyl groups is 1. The van der Waals surface area contributed by atoms with Gasteiger partial charge in [0.05, 0.1) is 12.2 Å². The first kappa shape index (κ1) is 9.96. The van der Waals surface area contributed by atoms with Crippen LogP contribution in [0.4, 0.5) is 0 Å². The fourth-order valence-electron chi connectivity index (χ4n) is 1.37. The molecule has 0 spiro atoms. The van der Waals surface area contributed by atoms with Crippen molar-refractivity contribution in [3.05, 3.63) is 0 Å². The number of nitrogens with zero attached hydrogens (tertiary/aromatic N) is 2. The van der Waals surface area contributed by atoms with E-state index in [0.717, 1.165) is 0 Å². The highest BCUT2D eigenvalue weighted by molar-refractivity contribution is 5.78. The molecule has 0 aliphatic carbocycles. The third kappa shape index (κ3) is 2.17. The van der Waals surface area contributed by atoms with Crippen LogP contribution in [0.15, 0.2) is 0 Å². The molecule has 1 rings (SSSR count). The molecule has 1 saturated heterocycles. The second-order valence-corrected chi connectivity index (χ2v) is 2.98. The number of nitriles is 1. The van der Waals surface area contributed by atoms with Crippen LogP contribution in [0.5, 0.6) is 0 Å². The summed E-state index contributed by atoms with van der Waals surface area (Å²) in [6.07, 6.45) is -1.08. The molecular weight excluding hydrogens is 172 g/mol. The second kappa shape index (κ2) is 4.21. The number of carbonyl (C=O) groups excluding carboxylic acids is 1. The van der Waals surface area contributed by atoms with Crippen LogP contribution in [0.25, 0.3) is 0 Å². The monoisotopic (exact) mass is 184 g/mol. The van der Waals surface area contributed by atoms with Gasteiger partial charge in [-0.05, 0) is 0 Å². The van der Waals surface area contributed by atoms with Crippen molar-refractivity contribution in [2.24, 2.45) is 0 Å². The van der Waals surface area contributed by atoms with Gasteiger partial charge in [-0.1, -0.05) is 0 Å². The maximum absolute atomic E-state index is 11.2. The number of amides is 1. The number of ether oxygens (including phenoxy) is 1. The lowest BCUT2D eigenvalue weighted by molar-refractivity contribution is -0.129. The molecule has 0 aromatic rings. The van der Waals surface area contributed by atoms with Gasteiger partial charge in [-0.3, -0.25) is 4.79 Å². The number of hydrogen-bond donors (Lipinski definition) is 1. The van der Waals surface area contributed by atoms with Gasteiger partial charge in [-0.25, -0.2) is 0 Å². The molecule has 1 aliphatic rings. The molecule has 72 valence electrons. The fourth-order valence-corrected chi connectivity index (χ4v) is 1.37. The number of likely N-dealkylation sites (tertiary alicyclic amines) is 1. The van der Waals surface area contributed by atoms with E-state index in [9.17, 15) is 9.90 Å². The van der Waals surface area contributed by atoms with Crippen molar-refractivity contribution < 1.29 is 14.6 Å². The molecule has 5 heteroatoms. The van der Waals surface area contributed by atoms with Crippen molar-refractivity contribution in [1.29, 1.82) is 5.26 Å². The number of rotatable bonds is 2. The lowest BCUT2D eigenvalue weighted by Gasteiger charge is -2.13. The van der Waals surface area contributed by atoms with E-state index in [1.54, 1.807) is 6.07 Å². The molecule has 1 heterocycles. The topological polar surface area (TPSA) is 73.6 Å². The lowest BCUT2D eigenvalue weighted by Crippen LogP contribution is -2.29. The van der Waals surface area contributed by atoms with Gasteiger partial charge in [-0.15, -0.1) is 0 Å².